The first-order valence-electron chi connectivity index (χ1n) is 9.60. The molecule has 150 valence electrons. The summed E-state index contributed by atoms with van der Waals surface area (Å²) in [5, 5.41) is 7.02. The van der Waals surface area contributed by atoms with Crippen LogP contribution in [0.5, 0.6) is 11.5 Å². The minimum Gasteiger partial charge on any atom is -0.455 e. The van der Waals surface area contributed by atoms with E-state index in [-0.39, 0.29) is 17.5 Å². The number of hydrogen-bond acceptors (Lipinski definition) is 3. The number of nitrogens with zero attached hydrogens (tertiary/aromatic N) is 3. The molecule has 2 amide bonds. The zero-order chi connectivity index (χ0) is 20.4. The van der Waals surface area contributed by atoms with Crippen molar-refractivity contribution in [2.75, 3.05) is 12.4 Å². The first-order chi connectivity index (χ1) is 14.0. The van der Waals surface area contributed by atoms with Gasteiger partial charge in [-0.15, -0.1) is 0 Å². The highest BCUT2D eigenvalue weighted by molar-refractivity contribution is 5.91. The van der Waals surface area contributed by atoms with Crippen LogP contribution < -0.4 is 10.1 Å². The summed E-state index contributed by atoms with van der Waals surface area (Å²) >= 11 is 0. The van der Waals surface area contributed by atoms with E-state index in [9.17, 15) is 9.18 Å². The number of ether oxygens (including phenoxy) is 1. The molecule has 1 aromatic heterocycles. The third-order valence-electron chi connectivity index (χ3n) is 5.31. The lowest BCUT2D eigenvalue weighted by Gasteiger charge is -2.31. The fourth-order valence-corrected chi connectivity index (χ4v) is 3.75. The van der Waals surface area contributed by atoms with E-state index in [4.69, 9.17) is 4.74 Å². The summed E-state index contributed by atoms with van der Waals surface area (Å²) in [6.45, 7) is 0. The second kappa shape index (κ2) is 7.95. The number of carbonyl (C=O) groups excluding carboxylic acids is 1. The lowest BCUT2D eigenvalue weighted by atomic mass is 9.92. The molecule has 1 N–H and O–H groups in total. The van der Waals surface area contributed by atoms with Crippen molar-refractivity contribution in [2.45, 2.75) is 25.3 Å². The topological polar surface area (TPSA) is 59.4 Å². The van der Waals surface area contributed by atoms with Crippen LogP contribution in [0.25, 0.3) is 0 Å². The number of urea groups is 1. The van der Waals surface area contributed by atoms with Crippen LogP contribution >= 0.6 is 0 Å². The standard InChI is InChI=1S/C22H23FN4O2/c1-26(18-11-7-12-19-16(18)14-24-27(19)2)22(28)25-21-17(23)10-6-13-20(21)29-15-8-4-3-5-9-15/h3-6,8-10,13-14,18H,7,11-12H2,1-2H3,(H,25,28)/t18-/m1/s1. The van der Waals surface area contributed by atoms with E-state index in [0.29, 0.717) is 5.75 Å². The van der Waals surface area contributed by atoms with Gasteiger partial charge in [0.25, 0.3) is 0 Å². The first kappa shape index (κ1) is 19.0. The smallest absolute Gasteiger partial charge is 0.322 e. The van der Waals surface area contributed by atoms with Crippen LogP contribution in [0.3, 0.4) is 0 Å². The van der Waals surface area contributed by atoms with Crippen molar-refractivity contribution >= 4 is 11.7 Å². The van der Waals surface area contributed by atoms with Crippen molar-refractivity contribution < 1.29 is 13.9 Å². The molecule has 0 saturated carbocycles. The average molecular weight is 394 g/mol. The summed E-state index contributed by atoms with van der Waals surface area (Å²) in [4.78, 5) is 14.6. The van der Waals surface area contributed by atoms with Gasteiger partial charge in [0, 0.05) is 25.4 Å². The predicted molar refractivity (Wildman–Crippen MR) is 109 cm³/mol. The molecule has 1 aliphatic carbocycles. The highest BCUT2D eigenvalue weighted by atomic mass is 19.1. The monoisotopic (exact) mass is 394 g/mol. The van der Waals surface area contributed by atoms with Gasteiger partial charge in [-0.25, -0.2) is 9.18 Å². The quantitative estimate of drug-likeness (QED) is 0.685. The van der Waals surface area contributed by atoms with E-state index >= 15 is 0 Å². The molecule has 1 atom stereocenters. The summed E-state index contributed by atoms with van der Waals surface area (Å²) in [5.74, 6) is 0.267. The van der Waals surface area contributed by atoms with E-state index in [1.54, 1.807) is 36.2 Å². The maximum atomic E-state index is 14.5. The molecule has 4 rings (SSSR count). The van der Waals surface area contributed by atoms with Gasteiger partial charge in [-0.05, 0) is 43.5 Å². The zero-order valence-electron chi connectivity index (χ0n) is 16.4. The molecule has 7 heteroatoms. The number of anilines is 1. The minimum absolute atomic E-state index is 0.0235. The highest BCUT2D eigenvalue weighted by Crippen LogP contribution is 2.35. The Balaban J connectivity index is 1.56. The Morgan fingerprint density at radius 3 is 2.83 bits per heavy atom. The number of amides is 2. The molecular formula is C22H23FN4O2. The molecule has 0 unspecified atom stereocenters. The Labute approximate surface area is 168 Å². The van der Waals surface area contributed by atoms with Crippen molar-refractivity contribution in [1.82, 2.24) is 14.7 Å². The number of aromatic nitrogens is 2. The number of aryl methyl sites for hydroxylation is 1. The van der Waals surface area contributed by atoms with E-state index in [0.717, 1.165) is 30.5 Å². The molecule has 1 aliphatic rings. The van der Waals surface area contributed by atoms with E-state index in [2.05, 4.69) is 10.4 Å². The average Bonchev–Trinajstić information content (AvgIpc) is 3.12. The zero-order valence-corrected chi connectivity index (χ0v) is 16.4. The summed E-state index contributed by atoms with van der Waals surface area (Å²) < 4.78 is 22.2. The SMILES string of the molecule is CN(C(=O)Nc1c(F)cccc1Oc1ccccc1)[C@@H]1CCCc2c1cnn2C. The van der Waals surface area contributed by atoms with Gasteiger partial charge in [0.05, 0.1) is 12.2 Å². The van der Waals surface area contributed by atoms with Gasteiger partial charge in [-0.2, -0.15) is 5.10 Å². The van der Waals surface area contributed by atoms with Crippen LogP contribution in [-0.2, 0) is 13.5 Å². The molecule has 0 fully saturated rings. The largest absolute Gasteiger partial charge is 0.455 e. The van der Waals surface area contributed by atoms with Crippen molar-refractivity contribution in [1.29, 1.82) is 0 Å². The van der Waals surface area contributed by atoms with Gasteiger partial charge in [0.15, 0.2) is 11.6 Å². The van der Waals surface area contributed by atoms with Crippen LogP contribution in [0.4, 0.5) is 14.9 Å². The van der Waals surface area contributed by atoms with Crippen molar-refractivity contribution in [2.24, 2.45) is 7.05 Å². The maximum Gasteiger partial charge on any atom is 0.322 e. The number of benzene rings is 2. The molecular weight excluding hydrogens is 371 g/mol. The summed E-state index contributed by atoms with van der Waals surface area (Å²) in [7, 11) is 3.63. The van der Waals surface area contributed by atoms with E-state index < -0.39 is 11.8 Å². The number of halogens is 1. The summed E-state index contributed by atoms with van der Waals surface area (Å²) in [6.07, 6.45) is 4.57. The maximum absolute atomic E-state index is 14.5. The third kappa shape index (κ3) is 3.81. The van der Waals surface area contributed by atoms with Crippen LogP contribution in [0.15, 0.2) is 54.7 Å². The predicted octanol–water partition coefficient (Wildman–Crippen LogP) is 4.89. The van der Waals surface area contributed by atoms with Gasteiger partial charge >= 0.3 is 6.03 Å². The number of para-hydroxylation sites is 2. The van der Waals surface area contributed by atoms with E-state index in [1.807, 2.05) is 36.1 Å². The van der Waals surface area contributed by atoms with Crippen molar-refractivity contribution in [3.8, 4) is 11.5 Å². The molecule has 2 aromatic carbocycles. The summed E-state index contributed by atoms with van der Waals surface area (Å²) in [5.41, 5.74) is 2.21. The Kier molecular flexibility index (Phi) is 5.20. The molecule has 0 aliphatic heterocycles. The molecule has 6 nitrogen and oxygen atoms in total. The van der Waals surface area contributed by atoms with Crippen LogP contribution in [0, 0.1) is 5.82 Å². The first-order valence-corrected chi connectivity index (χ1v) is 9.60. The minimum atomic E-state index is -0.550. The van der Waals surface area contributed by atoms with Crippen LogP contribution in [0.2, 0.25) is 0 Å². The number of nitrogens with one attached hydrogen (secondary N) is 1. The molecule has 3 aromatic rings. The lowest BCUT2D eigenvalue weighted by Crippen LogP contribution is -2.36. The second-order valence-electron chi connectivity index (χ2n) is 7.15. The van der Waals surface area contributed by atoms with E-state index in [1.165, 1.54) is 6.07 Å². The Hall–Kier alpha value is -3.35. The number of carbonyl (C=O) groups is 1. The Morgan fingerprint density at radius 2 is 2.03 bits per heavy atom. The van der Waals surface area contributed by atoms with Gasteiger partial charge < -0.3 is 15.0 Å². The van der Waals surface area contributed by atoms with Crippen LogP contribution in [0.1, 0.15) is 30.1 Å². The fraction of sp³-hybridized carbons (Fsp3) is 0.273. The molecule has 1 heterocycles. The summed E-state index contributed by atoms with van der Waals surface area (Å²) in [6, 6.07) is 13.1. The normalized spacial score (nSPS) is 15.5. The Morgan fingerprint density at radius 1 is 1.24 bits per heavy atom. The van der Waals surface area contributed by atoms with Gasteiger partial charge in [0.1, 0.15) is 11.4 Å². The number of hydrogen-bond donors (Lipinski definition) is 1. The number of fused-ring (bicyclic) bond motifs is 1. The highest BCUT2D eigenvalue weighted by Gasteiger charge is 2.29. The van der Waals surface area contributed by atoms with Crippen LogP contribution in [-0.4, -0.2) is 27.8 Å². The molecule has 0 radical (unpaired) electrons. The fourth-order valence-electron chi connectivity index (χ4n) is 3.75. The van der Waals surface area contributed by atoms with Gasteiger partial charge in [0.2, 0.25) is 0 Å². The Bertz CT molecular complexity index is 1020. The second-order valence-corrected chi connectivity index (χ2v) is 7.15. The molecule has 0 saturated heterocycles. The van der Waals surface area contributed by atoms with Gasteiger partial charge in [-0.1, -0.05) is 24.3 Å². The molecule has 0 bridgehead atoms. The lowest BCUT2D eigenvalue weighted by molar-refractivity contribution is 0.197. The number of rotatable bonds is 4. The van der Waals surface area contributed by atoms with Crippen molar-refractivity contribution in [3.63, 3.8) is 0 Å². The molecule has 0 spiro atoms. The molecule has 29 heavy (non-hydrogen) atoms. The third-order valence-corrected chi connectivity index (χ3v) is 5.31. The van der Waals surface area contributed by atoms with Gasteiger partial charge in [-0.3, -0.25) is 4.68 Å². The van der Waals surface area contributed by atoms with Crippen molar-refractivity contribution in [3.05, 3.63) is 71.8 Å².